The molecule has 0 fully saturated rings. The Hall–Kier alpha value is -0.790. The second kappa shape index (κ2) is 6.78. The predicted molar refractivity (Wildman–Crippen MR) is 91.8 cm³/mol. The van der Waals surface area contributed by atoms with Gasteiger partial charge in [-0.15, -0.1) is 11.6 Å². The van der Waals surface area contributed by atoms with E-state index in [2.05, 4.69) is 73.1 Å². The second-order valence-electron chi connectivity index (χ2n) is 5.10. The largest absolute Gasteiger partial charge is 0.113 e. The lowest BCUT2D eigenvalue weighted by molar-refractivity contribution is 1.01. The van der Waals surface area contributed by atoms with Crippen LogP contribution < -0.4 is 0 Å². The molecule has 2 heteroatoms. The van der Waals surface area contributed by atoms with Crippen LogP contribution in [0.2, 0.25) is 0 Å². The van der Waals surface area contributed by atoms with E-state index in [0.29, 0.717) is 0 Å². The molecule has 0 aliphatic carbocycles. The van der Waals surface area contributed by atoms with Gasteiger partial charge in [0.15, 0.2) is 0 Å². The summed E-state index contributed by atoms with van der Waals surface area (Å²) in [7, 11) is 0. The average molecular weight is 352 g/mol. The van der Waals surface area contributed by atoms with Gasteiger partial charge in [-0.1, -0.05) is 54.0 Å². The Morgan fingerprint density at radius 1 is 1.00 bits per heavy atom. The number of rotatable bonds is 4. The number of hydrogen-bond acceptors (Lipinski definition) is 0. The van der Waals surface area contributed by atoms with Gasteiger partial charge in [0, 0.05) is 4.47 Å². The topological polar surface area (TPSA) is 0 Å². The summed E-state index contributed by atoms with van der Waals surface area (Å²) in [6.45, 7) is 6.48. The van der Waals surface area contributed by atoms with Crippen LogP contribution in [0.5, 0.6) is 0 Å². The molecular formula is C18H20BrCl. The summed E-state index contributed by atoms with van der Waals surface area (Å²) in [5, 5.41) is -0.0791. The second-order valence-corrected chi connectivity index (χ2v) is 6.46. The molecule has 0 radical (unpaired) electrons. The summed E-state index contributed by atoms with van der Waals surface area (Å²) in [6, 6.07) is 13.0. The van der Waals surface area contributed by atoms with E-state index in [-0.39, 0.29) is 5.38 Å². The third kappa shape index (κ3) is 3.27. The summed E-state index contributed by atoms with van der Waals surface area (Å²) in [5.41, 5.74) is 6.35. The number of hydrogen-bond donors (Lipinski definition) is 0. The first-order valence-corrected chi connectivity index (χ1v) is 8.31. The fraction of sp³-hybridized carbons (Fsp3) is 0.333. The van der Waals surface area contributed by atoms with Gasteiger partial charge in [0.1, 0.15) is 0 Å². The van der Waals surface area contributed by atoms with Gasteiger partial charge in [0.2, 0.25) is 0 Å². The van der Waals surface area contributed by atoms with E-state index in [1.54, 1.807) is 0 Å². The van der Waals surface area contributed by atoms with Crippen LogP contribution in [-0.4, -0.2) is 0 Å². The Kier molecular flexibility index (Phi) is 5.29. The van der Waals surface area contributed by atoms with E-state index in [0.717, 1.165) is 17.3 Å². The maximum atomic E-state index is 6.79. The van der Waals surface area contributed by atoms with E-state index in [4.69, 9.17) is 11.6 Å². The Balaban J connectivity index is 2.48. The molecule has 2 rings (SSSR count). The lowest BCUT2D eigenvalue weighted by atomic mass is 9.93. The first-order chi connectivity index (χ1) is 9.56. The van der Waals surface area contributed by atoms with Crippen LogP contribution in [-0.2, 0) is 12.8 Å². The summed E-state index contributed by atoms with van der Waals surface area (Å²) < 4.78 is 1.10. The standard InChI is InChI=1S/C18H20BrCl/c1-4-13-6-7-14(5-2)17(11-13)18(20)16-9-8-15(19)10-12(16)3/h6-11,18H,4-5H2,1-3H3. The number of benzene rings is 2. The van der Waals surface area contributed by atoms with E-state index in [1.807, 2.05) is 0 Å². The van der Waals surface area contributed by atoms with Gasteiger partial charge in [0.05, 0.1) is 5.38 Å². The van der Waals surface area contributed by atoms with E-state index in [9.17, 15) is 0 Å². The smallest absolute Gasteiger partial charge is 0.0840 e. The van der Waals surface area contributed by atoms with Gasteiger partial charge in [-0.05, 0) is 59.7 Å². The molecule has 1 atom stereocenters. The molecule has 0 saturated heterocycles. The Morgan fingerprint density at radius 3 is 2.35 bits per heavy atom. The molecule has 0 saturated carbocycles. The van der Waals surface area contributed by atoms with E-state index < -0.39 is 0 Å². The van der Waals surface area contributed by atoms with Crippen molar-refractivity contribution in [2.45, 2.75) is 39.0 Å². The van der Waals surface area contributed by atoms with Crippen LogP contribution >= 0.6 is 27.5 Å². The highest BCUT2D eigenvalue weighted by molar-refractivity contribution is 9.10. The van der Waals surface area contributed by atoms with Gasteiger partial charge in [-0.25, -0.2) is 0 Å². The molecule has 0 bridgehead atoms. The van der Waals surface area contributed by atoms with Crippen LogP contribution in [0.4, 0.5) is 0 Å². The SMILES string of the molecule is CCc1ccc(CC)c(C(Cl)c2ccc(Br)cc2C)c1. The fourth-order valence-corrected chi connectivity index (χ4v) is 3.44. The minimum absolute atomic E-state index is 0.0791. The van der Waals surface area contributed by atoms with Gasteiger partial charge < -0.3 is 0 Å². The van der Waals surface area contributed by atoms with Crippen LogP contribution in [0.3, 0.4) is 0 Å². The third-order valence-corrected chi connectivity index (χ3v) is 4.74. The van der Waals surface area contributed by atoms with Crippen molar-refractivity contribution in [2.24, 2.45) is 0 Å². The molecule has 0 spiro atoms. The molecular weight excluding hydrogens is 332 g/mol. The molecule has 0 amide bonds. The van der Waals surface area contributed by atoms with Crippen molar-refractivity contribution in [3.63, 3.8) is 0 Å². The zero-order chi connectivity index (χ0) is 14.7. The van der Waals surface area contributed by atoms with Crippen molar-refractivity contribution in [3.8, 4) is 0 Å². The van der Waals surface area contributed by atoms with Crippen molar-refractivity contribution < 1.29 is 0 Å². The maximum Gasteiger partial charge on any atom is 0.0840 e. The molecule has 0 nitrogen and oxygen atoms in total. The number of alkyl halides is 1. The molecule has 1 unspecified atom stereocenters. The van der Waals surface area contributed by atoms with Crippen molar-refractivity contribution in [2.75, 3.05) is 0 Å². The Bertz CT molecular complexity index is 604. The van der Waals surface area contributed by atoms with E-state index in [1.165, 1.54) is 27.8 Å². The van der Waals surface area contributed by atoms with Gasteiger partial charge in [-0.3, -0.25) is 0 Å². The average Bonchev–Trinajstić information content (AvgIpc) is 2.46. The number of aryl methyl sites for hydroxylation is 3. The summed E-state index contributed by atoms with van der Waals surface area (Å²) >= 11 is 10.3. The lowest BCUT2D eigenvalue weighted by Crippen LogP contribution is -2.02. The predicted octanol–water partition coefficient (Wildman–Crippen LogP) is 6.21. The molecule has 2 aromatic rings. The van der Waals surface area contributed by atoms with Gasteiger partial charge >= 0.3 is 0 Å². The zero-order valence-corrected chi connectivity index (χ0v) is 14.6. The van der Waals surface area contributed by atoms with Crippen molar-refractivity contribution in [3.05, 3.63) is 68.7 Å². The number of halogens is 2. The summed E-state index contributed by atoms with van der Waals surface area (Å²) in [4.78, 5) is 0. The molecule has 0 aliphatic heterocycles. The normalized spacial score (nSPS) is 12.4. The monoisotopic (exact) mass is 350 g/mol. The van der Waals surface area contributed by atoms with Gasteiger partial charge in [0.25, 0.3) is 0 Å². The van der Waals surface area contributed by atoms with Crippen LogP contribution in [0.15, 0.2) is 40.9 Å². The van der Waals surface area contributed by atoms with Crippen LogP contribution in [0.1, 0.15) is 47.0 Å². The highest BCUT2D eigenvalue weighted by Gasteiger charge is 2.16. The minimum atomic E-state index is -0.0791. The van der Waals surface area contributed by atoms with Crippen molar-refractivity contribution >= 4 is 27.5 Å². The lowest BCUT2D eigenvalue weighted by Gasteiger charge is -2.18. The summed E-state index contributed by atoms with van der Waals surface area (Å²) in [5.74, 6) is 0. The minimum Gasteiger partial charge on any atom is -0.113 e. The highest BCUT2D eigenvalue weighted by Crippen LogP contribution is 2.35. The Labute approximate surface area is 135 Å². The highest BCUT2D eigenvalue weighted by atomic mass is 79.9. The zero-order valence-electron chi connectivity index (χ0n) is 12.2. The van der Waals surface area contributed by atoms with Crippen LogP contribution in [0.25, 0.3) is 0 Å². The molecule has 0 aliphatic rings. The van der Waals surface area contributed by atoms with Crippen molar-refractivity contribution in [1.82, 2.24) is 0 Å². The third-order valence-electron chi connectivity index (χ3n) is 3.78. The van der Waals surface area contributed by atoms with Gasteiger partial charge in [-0.2, -0.15) is 0 Å². The maximum absolute atomic E-state index is 6.79. The quantitative estimate of drug-likeness (QED) is 0.574. The molecule has 20 heavy (non-hydrogen) atoms. The molecule has 2 aromatic carbocycles. The molecule has 0 heterocycles. The first kappa shape index (κ1) is 15.6. The molecule has 0 aromatic heterocycles. The van der Waals surface area contributed by atoms with Crippen LogP contribution in [0, 0.1) is 6.92 Å². The van der Waals surface area contributed by atoms with Crippen molar-refractivity contribution in [1.29, 1.82) is 0 Å². The summed E-state index contributed by atoms with van der Waals surface area (Å²) in [6.07, 6.45) is 2.05. The van der Waals surface area contributed by atoms with E-state index >= 15 is 0 Å². The molecule has 0 N–H and O–H groups in total. The molecule has 106 valence electrons. The Morgan fingerprint density at radius 2 is 1.75 bits per heavy atom. The fourth-order valence-electron chi connectivity index (χ4n) is 2.51. The first-order valence-electron chi connectivity index (χ1n) is 7.08.